The molecule has 3 aliphatic heterocycles. The summed E-state index contributed by atoms with van der Waals surface area (Å²) < 4.78 is 26.0. The first-order valence-electron chi connectivity index (χ1n) is 12.4. The largest absolute Gasteiger partial charge is 0.394 e. The summed E-state index contributed by atoms with van der Waals surface area (Å²) in [4.78, 5) is 0. The highest BCUT2D eigenvalue weighted by Crippen LogP contribution is 2.31. The predicted octanol–water partition coefficient (Wildman–Crippen LogP) is -9.49. The number of ether oxygens (including phenoxy) is 5. The molecule has 0 bridgehead atoms. The first kappa shape index (κ1) is 33.7. The van der Waals surface area contributed by atoms with Crippen LogP contribution in [0.2, 0.25) is 0 Å². The van der Waals surface area contributed by atoms with Gasteiger partial charge in [0.15, 0.2) is 18.9 Å². The minimum atomic E-state index is -2.05. The van der Waals surface area contributed by atoms with E-state index in [1.807, 2.05) is 0 Å². The van der Waals surface area contributed by atoms with E-state index in [9.17, 15) is 61.3 Å². The maximum atomic E-state index is 10.6. The van der Waals surface area contributed by atoms with Gasteiger partial charge in [0.2, 0.25) is 0 Å². The van der Waals surface area contributed by atoms with Gasteiger partial charge < -0.3 is 95.2 Å². The molecule has 3 heterocycles. The van der Waals surface area contributed by atoms with E-state index in [1.54, 1.807) is 0 Å². The second-order valence-electron chi connectivity index (χ2n) is 9.86. The van der Waals surface area contributed by atoms with Crippen molar-refractivity contribution < 1.29 is 95.2 Å². The molecular weight excluding hydrogens is 556 g/mol. The quantitative estimate of drug-likeness (QED) is 0.112. The van der Waals surface area contributed by atoms with Crippen molar-refractivity contribution >= 4 is 0 Å². The highest BCUT2D eigenvalue weighted by atomic mass is 16.7. The fraction of sp³-hybridized carbons (Fsp3) is 1.00. The Morgan fingerprint density at radius 2 is 0.950 bits per heavy atom. The summed E-state index contributed by atoms with van der Waals surface area (Å²) in [5.74, 6) is 0. The van der Waals surface area contributed by atoms with Crippen molar-refractivity contribution in [3.05, 3.63) is 0 Å². The van der Waals surface area contributed by atoms with Gasteiger partial charge in [-0.05, 0) is 0 Å². The van der Waals surface area contributed by atoms with Crippen molar-refractivity contribution in [3.8, 4) is 0 Å². The number of hydrogen-bond acceptors (Lipinski definition) is 19. The van der Waals surface area contributed by atoms with Crippen LogP contribution >= 0.6 is 0 Å². The molecule has 236 valence electrons. The zero-order chi connectivity index (χ0) is 30.0. The number of aliphatic hydroxyl groups is 14. The average Bonchev–Trinajstić information content (AvgIpc) is 2.94. The molecule has 0 radical (unpaired) electrons. The van der Waals surface area contributed by atoms with Gasteiger partial charge in [0.25, 0.3) is 0 Å². The highest BCUT2D eigenvalue weighted by Gasteiger charge is 2.53. The fourth-order valence-corrected chi connectivity index (χ4v) is 4.64. The second-order valence-corrected chi connectivity index (χ2v) is 9.86. The summed E-state index contributed by atoms with van der Waals surface area (Å²) in [6.07, 6.45) is -33.6. The van der Waals surface area contributed by atoms with Crippen LogP contribution < -0.4 is 0 Å². The van der Waals surface area contributed by atoms with Gasteiger partial charge in [-0.1, -0.05) is 0 Å². The molecule has 0 aromatic heterocycles. The maximum Gasteiger partial charge on any atom is 0.187 e. The molecule has 14 N–H and O–H groups in total. The highest BCUT2D eigenvalue weighted by molar-refractivity contribution is 4.97. The van der Waals surface area contributed by atoms with Crippen molar-refractivity contribution in [2.75, 3.05) is 19.8 Å². The zero-order valence-electron chi connectivity index (χ0n) is 20.8. The molecule has 0 saturated carbocycles. The molecule has 0 aliphatic carbocycles. The van der Waals surface area contributed by atoms with E-state index in [0.717, 1.165) is 0 Å². The lowest BCUT2D eigenvalue weighted by Gasteiger charge is -2.47. The van der Waals surface area contributed by atoms with Crippen LogP contribution in [0.4, 0.5) is 0 Å². The summed E-state index contributed by atoms with van der Waals surface area (Å²) in [6.45, 7) is -2.64. The van der Waals surface area contributed by atoms with Gasteiger partial charge in [0, 0.05) is 0 Å². The lowest BCUT2D eigenvalue weighted by atomic mass is 9.93. The Kier molecular flexibility index (Phi) is 11.9. The van der Waals surface area contributed by atoms with E-state index >= 15 is 0 Å². The Bertz CT molecular complexity index is 778. The Balaban J connectivity index is 1.69. The van der Waals surface area contributed by atoms with Crippen LogP contribution in [0.25, 0.3) is 0 Å². The van der Waals surface area contributed by atoms with E-state index in [1.165, 1.54) is 0 Å². The summed E-state index contributed by atoms with van der Waals surface area (Å²) >= 11 is 0. The minimum Gasteiger partial charge on any atom is -0.394 e. The van der Waals surface area contributed by atoms with E-state index in [2.05, 4.69) is 0 Å². The molecule has 40 heavy (non-hydrogen) atoms. The molecule has 3 aliphatic rings. The van der Waals surface area contributed by atoms with Gasteiger partial charge in [-0.25, -0.2) is 0 Å². The summed E-state index contributed by atoms with van der Waals surface area (Å²) in [5, 5.41) is 140. The van der Waals surface area contributed by atoms with E-state index in [4.69, 9.17) is 33.9 Å². The van der Waals surface area contributed by atoms with E-state index in [-0.39, 0.29) is 0 Å². The molecule has 19 nitrogen and oxygen atoms in total. The van der Waals surface area contributed by atoms with Crippen LogP contribution in [0, 0.1) is 0 Å². The SMILES string of the molecule is OC[C@H](O)[C@H]1O[C@H](OC[C@H](O)[C@H]2O[C@H](O[C@H]3[C@H](O)[C@@H]([C@@H](O)CO)O[C@H](O)[C@H]3O)[C@@H](O)[C@@H](O)[C@@H]2O)[C@@H](O)[C@@H](O)[C@@H]1O. The Labute approximate surface area is 226 Å². The standard InChI is InChI=1S/C21H38O19/c22-1-4(24)15-9(29)7(27)11(31)20(38-15)36-3-6(26)17-10(30)8(28)12(32)21(39-17)40-18-13(33)16(5(25)2-23)37-19(35)14(18)34/h4-35H,1-3H2/t4-,5-,6-,7-,8-,9-,10-,11-,12-,13+,14-,15+,16+,17+,18-,19-,20-,21+/m0/s1. The topological polar surface area (TPSA) is 329 Å². The van der Waals surface area contributed by atoms with E-state index < -0.39 is 130 Å². The van der Waals surface area contributed by atoms with Crippen molar-refractivity contribution in [1.29, 1.82) is 0 Å². The van der Waals surface area contributed by atoms with Crippen molar-refractivity contribution in [3.63, 3.8) is 0 Å². The molecular formula is C21H38O19. The monoisotopic (exact) mass is 594 g/mol. The minimum absolute atomic E-state index is 0.851. The maximum absolute atomic E-state index is 10.6. The van der Waals surface area contributed by atoms with Gasteiger partial charge in [-0.15, -0.1) is 0 Å². The molecule has 0 spiro atoms. The molecule has 19 heteroatoms. The van der Waals surface area contributed by atoms with Crippen LogP contribution in [-0.4, -0.2) is 202 Å². The van der Waals surface area contributed by atoms with Crippen LogP contribution in [0.1, 0.15) is 0 Å². The zero-order valence-corrected chi connectivity index (χ0v) is 20.8. The fourth-order valence-electron chi connectivity index (χ4n) is 4.64. The Morgan fingerprint density at radius 3 is 1.48 bits per heavy atom. The second kappa shape index (κ2) is 14.1. The number of aliphatic hydroxyl groups excluding tert-OH is 14. The van der Waals surface area contributed by atoms with Crippen molar-refractivity contribution in [2.45, 2.75) is 110 Å². The van der Waals surface area contributed by atoms with Gasteiger partial charge in [-0.3, -0.25) is 0 Å². The van der Waals surface area contributed by atoms with Gasteiger partial charge in [0.05, 0.1) is 19.8 Å². The molecule has 0 amide bonds. The average molecular weight is 595 g/mol. The molecule has 3 fully saturated rings. The lowest BCUT2D eigenvalue weighted by Crippen LogP contribution is -2.66. The summed E-state index contributed by atoms with van der Waals surface area (Å²) in [5.41, 5.74) is 0. The molecule has 0 aromatic carbocycles. The third-order valence-corrected chi connectivity index (χ3v) is 7.05. The van der Waals surface area contributed by atoms with Crippen LogP contribution in [0.5, 0.6) is 0 Å². The number of rotatable bonds is 10. The van der Waals surface area contributed by atoms with Crippen LogP contribution in [-0.2, 0) is 23.7 Å². The van der Waals surface area contributed by atoms with Crippen molar-refractivity contribution in [1.82, 2.24) is 0 Å². The smallest absolute Gasteiger partial charge is 0.187 e. The third-order valence-electron chi connectivity index (χ3n) is 7.05. The molecule has 0 aromatic rings. The summed E-state index contributed by atoms with van der Waals surface area (Å²) in [6, 6.07) is 0. The first-order valence-corrected chi connectivity index (χ1v) is 12.4. The van der Waals surface area contributed by atoms with Crippen molar-refractivity contribution in [2.24, 2.45) is 0 Å². The molecule has 18 atom stereocenters. The normalized spacial score (nSPS) is 48.9. The van der Waals surface area contributed by atoms with Gasteiger partial charge in [0.1, 0.15) is 91.6 Å². The molecule has 3 rings (SSSR count). The van der Waals surface area contributed by atoms with Gasteiger partial charge >= 0.3 is 0 Å². The van der Waals surface area contributed by atoms with E-state index in [0.29, 0.717) is 0 Å². The lowest BCUT2D eigenvalue weighted by molar-refractivity contribution is -0.366. The Hall–Kier alpha value is -0.760. The first-order chi connectivity index (χ1) is 18.7. The van der Waals surface area contributed by atoms with Crippen LogP contribution in [0.15, 0.2) is 0 Å². The third kappa shape index (κ3) is 6.89. The van der Waals surface area contributed by atoms with Crippen LogP contribution in [0.3, 0.4) is 0 Å². The Morgan fingerprint density at radius 1 is 0.500 bits per heavy atom. The molecule has 0 unspecified atom stereocenters. The van der Waals surface area contributed by atoms with Gasteiger partial charge in [-0.2, -0.15) is 0 Å². The predicted molar refractivity (Wildman–Crippen MR) is 119 cm³/mol. The molecule has 3 saturated heterocycles. The number of hydrogen-bond donors (Lipinski definition) is 14. The summed E-state index contributed by atoms with van der Waals surface area (Å²) in [7, 11) is 0.